The van der Waals surface area contributed by atoms with Crippen molar-refractivity contribution < 1.29 is 4.74 Å². The van der Waals surface area contributed by atoms with E-state index in [9.17, 15) is 0 Å². The van der Waals surface area contributed by atoms with Crippen LogP contribution in [-0.4, -0.2) is 16.2 Å². The van der Waals surface area contributed by atoms with Gasteiger partial charge in [-0.1, -0.05) is 13.8 Å². The molecule has 0 atom stereocenters. The summed E-state index contributed by atoms with van der Waals surface area (Å²) < 4.78 is 5.68. The second-order valence-corrected chi connectivity index (χ2v) is 6.35. The number of rotatable bonds is 6. The van der Waals surface area contributed by atoms with E-state index in [0.29, 0.717) is 18.5 Å². The lowest BCUT2D eigenvalue weighted by Gasteiger charge is -2.05. The Kier molecular flexibility index (Phi) is 4.61. The fourth-order valence-electron chi connectivity index (χ4n) is 1.74. The molecule has 2 heterocycles. The quantitative estimate of drug-likeness (QED) is 0.854. The van der Waals surface area contributed by atoms with Crippen molar-refractivity contribution in [3.05, 3.63) is 33.1 Å². The molecule has 0 saturated carbocycles. The van der Waals surface area contributed by atoms with Crippen LogP contribution in [-0.2, 0) is 13.2 Å². The van der Waals surface area contributed by atoms with Crippen LogP contribution in [0.1, 0.15) is 34.9 Å². The number of aryl methyl sites for hydroxylation is 2. The first kappa shape index (κ1) is 14.1. The zero-order chi connectivity index (χ0) is 13.8. The van der Waals surface area contributed by atoms with Crippen molar-refractivity contribution in [2.24, 2.45) is 0 Å². The lowest BCUT2D eigenvalue weighted by atomic mass is 10.2. The van der Waals surface area contributed by atoms with E-state index < -0.39 is 0 Å². The molecule has 0 spiro atoms. The van der Waals surface area contributed by atoms with E-state index in [0.717, 1.165) is 12.2 Å². The number of hydrogen-bond donors (Lipinski definition) is 2. The molecule has 0 aliphatic heterocycles. The second-order valence-electron chi connectivity index (χ2n) is 5.01. The van der Waals surface area contributed by atoms with Crippen LogP contribution in [0.4, 0.5) is 0 Å². The minimum atomic E-state index is 0.508. The van der Waals surface area contributed by atoms with E-state index in [1.165, 1.54) is 15.3 Å². The van der Waals surface area contributed by atoms with Gasteiger partial charge in [0.1, 0.15) is 6.61 Å². The van der Waals surface area contributed by atoms with Gasteiger partial charge in [0.2, 0.25) is 5.88 Å². The van der Waals surface area contributed by atoms with Gasteiger partial charge in [0, 0.05) is 39.7 Å². The number of aromatic amines is 1. The summed E-state index contributed by atoms with van der Waals surface area (Å²) >= 11 is 1.83. The van der Waals surface area contributed by atoms with Gasteiger partial charge in [-0.3, -0.25) is 5.10 Å². The molecule has 0 bridgehead atoms. The lowest BCUT2D eigenvalue weighted by molar-refractivity contribution is 0.293. The fraction of sp³-hybridized carbons (Fsp3) is 0.500. The van der Waals surface area contributed by atoms with Crippen LogP contribution in [0, 0.1) is 13.8 Å². The van der Waals surface area contributed by atoms with E-state index in [4.69, 9.17) is 4.74 Å². The first-order valence-corrected chi connectivity index (χ1v) is 7.32. The van der Waals surface area contributed by atoms with Crippen LogP contribution in [0.25, 0.3) is 0 Å². The largest absolute Gasteiger partial charge is 0.472 e. The van der Waals surface area contributed by atoms with E-state index in [1.54, 1.807) is 0 Å². The smallest absolute Gasteiger partial charge is 0.233 e. The van der Waals surface area contributed by atoms with E-state index in [1.807, 2.05) is 24.3 Å². The van der Waals surface area contributed by atoms with Crippen molar-refractivity contribution in [2.75, 3.05) is 0 Å². The zero-order valence-corrected chi connectivity index (χ0v) is 12.7. The van der Waals surface area contributed by atoms with Crippen LogP contribution < -0.4 is 10.1 Å². The van der Waals surface area contributed by atoms with Gasteiger partial charge in [0.05, 0.1) is 0 Å². The average molecular weight is 279 g/mol. The van der Waals surface area contributed by atoms with Crippen LogP contribution in [0.15, 0.2) is 12.1 Å². The monoisotopic (exact) mass is 279 g/mol. The molecule has 0 fully saturated rings. The molecular weight excluding hydrogens is 258 g/mol. The molecule has 0 unspecified atom stereocenters. The van der Waals surface area contributed by atoms with Gasteiger partial charge in [0.25, 0.3) is 0 Å². The maximum Gasteiger partial charge on any atom is 0.233 e. The van der Waals surface area contributed by atoms with Gasteiger partial charge < -0.3 is 10.1 Å². The Labute approximate surface area is 118 Å². The molecule has 2 N–H and O–H groups in total. The molecule has 2 aromatic heterocycles. The van der Waals surface area contributed by atoms with Crippen LogP contribution in [0.5, 0.6) is 5.88 Å². The number of nitrogens with one attached hydrogen (secondary N) is 2. The molecule has 104 valence electrons. The highest BCUT2D eigenvalue weighted by molar-refractivity contribution is 7.12. The lowest BCUT2D eigenvalue weighted by Crippen LogP contribution is -2.21. The topological polar surface area (TPSA) is 49.9 Å². The standard InChI is InChI=1S/C14H21N3OS/c1-9(2)15-7-13-6-12(11(4)19-13)8-18-14-5-10(3)16-17-14/h5-6,9,15H,7-8H2,1-4H3,(H,16,17). The third-order valence-corrected chi connectivity index (χ3v) is 3.91. The van der Waals surface area contributed by atoms with Gasteiger partial charge >= 0.3 is 0 Å². The molecule has 0 aliphatic carbocycles. The summed E-state index contributed by atoms with van der Waals surface area (Å²) in [4.78, 5) is 2.66. The number of nitrogens with zero attached hydrogens (tertiary/aromatic N) is 1. The predicted octanol–water partition coefficient (Wildman–Crippen LogP) is 3.17. The molecule has 2 aromatic rings. The van der Waals surface area contributed by atoms with Crippen molar-refractivity contribution >= 4 is 11.3 Å². The average Bonchev–Trinajstić information content (AvgIpc) is 2.90. The molecular formula is C14H21N3OS. The van der Waals surface area contributed by atoms with Gasteiger partial charge in [-0.05, 0) is 19.9 Å². The summed E-state index contributed by atoms with van der Waals surface area (Å²) in [5.74, 6) is 0.657. The number of H-pyrrole nitrogens is 1. The van der Waals surface area contributed by atoms with E-state index in [2.05, 4.69) is 42.4 Å². The highest BCUT2D eigenvalue weighted by atomic mass is 32.1. The highest BCUT2D eigenvalue weighted by Crippen LogP contribution is 2.23. The summed E-state index contributed by atoms with van der Waals surface area (Å²) in [5.41, 5.74) is 2.25. The molecule has 19 heavy (non-hydrogen) atoms. The first-order valence-electron chi connectivity index (χ1n) is 6.51. The van der Waals surface area contributed by atoms with Crippen LogP contribution >= 0.6 is 11.3 Å². The Morgan fingerprint density at radius 3 is 2.79 bits per heavy atom. The summed E-state index contributed by atoms with van der Waals surface area (Å²) in [6.45, 7) is 9.91. The molecule has 0 aliphatic rings. The molecule has 4 nitrogen and oxygen atoms in total. The number of hydrogen-bond acceptors (Lipinski definition) is 4. The third kappa shape index (κ3) is 4.08. The maximum atomic E-state index is 5.68. The fourth-order valence-corrected chi connectivity index (χ4v) is 2.74. The Hall–Kier alpha value is -1.33. The number of thiophene rings is 1. The van der Waals surface area contributed by atoms with Crippen LogP contribution in [0.2, 0.25) is 0 Å². The Bertz CT molecular complexity index is 531. The summed E-state index contributed by atoms with van der Waals surface area (Å²) in [6.07, 6.45) is 0. The normalized spacial score (nSPS) is 11.2. The number of aromatic nitrogens is 2. The predicted molar refractivity (Wildman–Crippen MR) is 78.7 cm³/mol. The maximum absolute atomic E-state index is 5.68. The molecule has 0 aromatic carbocycles. The molecule has 0 saturated heterocycles. The van der Waals surface area contributed by atoms with E-state index >= 15 is 0 Å². The first-order chi connectivity index (χ1) is 9.04. The molecule has 0 amide bonds. The Balaban J connectivity index is 1.93. The SMILES string of the molecule is Cc1cc(OCc2cc(CNC(C)C)sc2C)n[nH]1. The highest BCUT2D eigenvalue weighted by Gasteiger charge is 2.07. The van der Waals surface area contributed by atoms with Gasteiger partial charge in [-0.15, -0.1) is 16.4 Å². The Morgan fingerprint density at radius 1 is 1.37 bits per heavy atom. The van der Waals surface area contributed by atoms with Gasteiger partial charge in [-0.2, -0.15) is 0 Å². The van der Waals surface area contributed by atoms with Crippen molar-refractivity contribution in [3.8, 4) is 5.88 Å². The van der Waals surface area contributed by atoms with E-state index in [-0.39, 0.29) is 0 Å². The van der Waals surface area contributed by atoms with Crippen molar-refractivity contribution in [2.45, 2.75) is 46.9 Å². The van der Waals surface area contributed by atoms with Crippen molar-refractivity contribution in [1.82, 2.24) is 15.5 Å². The number of ether oxygens (including phenoxy) is 1. The minimum Gasteiger partial charge on any atom is -0.472 e. The summed E-state index contributed by atoms with van der Waals surface area (Å²) in [6, 6.07) is 4.63. The van der Waals surface area contributed by atoms with Crippen LogP contribution in [0.3, 0.4) is 0 Å². The summed E-state index contributed by atoms with van der Waals surface area (Å²) in [5, 5.41) is 10.4. The zero-order valence-electron chi connectivity index (χ0n) is 11.9. The van der Waals surface area contributed by atoms with Gasteiger partial charge in [0.15, 0.2) is 0 Å². The summed E-state index contributed by atoms with van der Waals surface area (Å²) in [7, 11) is 0. The third-order valence-electron chi connectivity index (χ3n) is 2.81. The Morgan fingerprint density at radius 2 is 2.16 bits per heavy atom. The molecule has 0 radical (unpaired) electrons. The molecule has 5 heteroatoms. The van der Waals surface area contributed by atoms with Crippen molar-refractivity contribution in [3.63, 3.8) is 0 Å². The van der Waals surface area contributed by atoms with Crippen molar-refractivity contribution in [1.29, 1.82) is 0 Å². The van der Waals surface area contributed by atoms with Gasteiger partial charge in [-0.25, -0.2) is 0 Å². The minimum absolute atomic E-state index is 0.508. The second kappa shape index (κ2) is 6.21. The molecule has 2 rings (SSSR count).